The zero-order chi connectivity index (χ0) is 46.9. The summed E-state index contributed by atoms with van der Waals surface area (Å²) < 4.78 is 6.66. The molecule has 2 N–H and O–H groups in total. The van der Waals surface area contributed by atoms with Gasteiger partial charge in [0.2, 0.25) is 12.3 Å². The van der Waals surface area contributed by atoms with Gasteiger partial charge in [-0.2, -0.15) is 20.4 Å². The molecule has 0 saturated carbocycles. The predicted molar refractivity (Wildman–Crippen MR) is 243 cm³/mol. The molecule has 0 amide bonds. The van der Waals surface area contributed by atoms with Gasteiger partial charge in [-0.3, -0.25) is 0 Å². The van der Waals surface area contributed by atoms with Crippen molar-refractivity contribution in [3.8, 4) is 0 Å². The van der Waals surface area contributed by atoms with Crippen molar-refractivity contribution in [2.24, 2.45) is 0 Å². The first kappa shape index (κ1) is 53.4. The molecule has 0 fully saturated rings. The van der Waals surface area contributed by atoms with Gasteiger partial charge >= 0.3 is 11.9 Å². The van der Waals surface area contributed by atoms with Crippen LogP contribution < -0.4 is 0 Å². The summed E-state index contributed by atoms with van der Waals surface area (Å²) >= 11 is 0. The van der Waals surface area contributed by atoms with Gasteiger partial charge < -0.3 is 10.2 Å². The number of hydrogen-bond acceptors (Lipinski definition) is 6. The molecule has 13 heteroatoms. The molecular weight excluding hydrogens is 808 g/mol. The van der Waals surface area contributed by atoms with E-state index in [4.69, 9.17) is 20.4 Å². The quantitative estimate of drug-likeness (QED) is 0.182. The molecule has 344 valence electrons. The Morgan fingerprint density at radius 1 is 0.361 bits per heavy atom. The molecule has 0 unspecified atom stereocenters. The second-order valence-electron chi connectivity index (χ2n) is 24.9. The molecule has 0 aliphatic heterocycles. The number of carboxylic acids is 2. The number of rotatable bonds is 6. The summed E-state index contributed by atoms with van der Waals surface area (Å²) in [5.41, 5.74) is 5.17. The van der Waals surface area contributed by atoms with Crippen molar-refractivity contribution in [2.45, 2.75) is 222 Å². The van der Waals surface area contributed by atoms with Crippen molar-refractivity contribution in [2.75, 3.05) is 0 Å². The maximum absolute atomic E-state index is 12.7. The van der Waals surface area contributed by atoms with Crippen LogP contribution in [0, 0.1) is 0 Å². The zero-order valence-corrected chi connectivity index (χ0v) is 43.2. The van der Waals surface area contributed by atoms with E-state index in [9.17, 15) is 19.8 Å². The van der Waals surface area contributed by atoms with E-state index >= 15 is 0 Å². The standard InChI is InChI=1S/2C24H40N4O2.Fe/c2*1-21(2,3)15-13-17(23(7,8)9)27(25-15)19(20(29)30)28-18(24(10,11)12)14-16(26-28)22(4,5)6;/h2*13-14,19H,1-12H3,(H,29,30);. The Kier molecular flexibility index (Phi) is 15.0. The molecule has 61 heavy (non-hydrogen) atoms. The summed E-state index contributed by atoms with van der Waals surface area (Å²) in [7, 11) is 0. The Hall–Kier alpha value is -3.70. The molecular formula is C48H80FeN8O4. The van der Waals surface area contributed by atoms with E-state index in [1.807, 2.05) is 24.3 Å². The third-order valence-corrected chi connectivity index (χ3v) is 10.5. The van der Waals surface area contributed by atoms with E-state index in [2.05, 4.69) is 166 Å². The Morgan fingerprint density at radius 2 is 0.508 bits per heavy atom. The molecule has 0 atom stereocenters. The second-order valence-corrected chi connectivity index (χ2v) is 24.9. The van der Waals surface area contributed by atoms with E-state index in [-0.39, 0.29) is 60.4 Å². The van der Waals surface area contributed by atoms with Gasteiger partial charge in [0, 0.05) is 83.2 Å². The van der Waals surface area contributed by atoms with Gasteiger partial charge in [-0.15, -0.1) is 0 Å². The molecule has 4 rings (SSSR count). The smallest absolute Gasteiger partial charge is 0.351 e. The molecule has 4 heterocycles. The van der Waals surface area contributed by atoms with Crippen LogP contribution in [0.1, 0.15) is 224 Å². The Labute approximate surface area is 378 Å². The molecule has 0 bridgehead atoms. The van der Waals surface area contributed by atoms with E-state index in [0.717, 1.165) is 45.6 Å². The third-order valence-electron chi connectivity index (χ3n) is 10.5. The minimum absolute atomic E-state index is 0. The van der Waals surface area contributed by atoms with Gasteiger partial charge in [0.15, 0.2) is 0 Å². The average Bonchev–Trinajstić information content (AvgIpc) is 3.79. The monoisotopic (exact) mass is 889 g/mol. The van der Waals surface area contributed by atoms with Crippen molar-refractivity contribution in [1.29, 1.82) is 0 Å². The molecule has 12 nitrogen and oxygen atoms in total. The summed E-state index contributed by atoms with van der Waals surface area (Å²) in [5.74, 6) is -1.95. The van der Waals surface area contributed by atoms with Crippen LogP contribution in [0.2, 0.25) is 0 Å². The Balaban J connectivity index is 0.000000413. The van der Waals surface area contributed by atoms with Crippen LogP contribution in [0.4, 0.5) is 0 Å². The summed E-state index contributed by atoms with van der Waals surface area (Å²) in [4.78, 5) is 25.3. The molecule has 0 aliphatic carbocycles. The number of aromatic nitrogens is 8. The van der Waals surface area contributed by atoms with E-state index < -0.39 is 24.3 Å². The topological polar surface area (TPSA) is 146 Å². The number of aliphatic carboxylic acids is 2. The Bertz CT molecular complexity index is 1870. The number of hydrogen-bond donors (Lipinski definition) is 2. The minimum Gasteiger partial charge on any atom is -0.478 e. The maximum Gasteiger partial charge on any atom is 0.351 e. The van der Waals surface area contributed by atoms with Crippen LogP contribution in [0.15, 0.2) is 24.3 Å². The zero-order valence-electron chi connectivity index (χ0n) is 42.1. The first-order chi connectivity index (χ1) is 26.5. The van der Waals surface area contributed by atoms with Crippen LogP contribution in [-0.2, 0) is 70.0 Å². The fourth-order valence-corrected chi connectivity index (χ4v) is 6.66. The van der Waals surface area contributed by atoms with Crippen molar-refractivity contribution in [3.05, 3.63) is 69.8 Å². The van der Waals surface area contributed by atoms with Crippen LogP contribution in [0.5, 0.6) is 0 Å². The van der Waals surface area contributed by atoms with Gasteiger partial charge in [0.25, 0.3) is 0 Å². The first-order valence-corrected chi connectivity index (χ1v) is 21.4. The molecule has 0 aliphatic rings. The van der Waals surface area contributed by atoms with Crippen molar-refractivity contribution >= 4 is 11.9 Å². The van der Waals surface area contributed by atoms with Gasteiger partial charge in [-0.1, -0.05) is 166 Å². The number of carbonyl (C=O) groups is 2. The van der Waals surface area contributed by atoms with Gasteiger partial charge in [0.05, 0.1) is 22.8 Å². The fraction of sp³-hybridized carbons (Fsp3) is 0.708. The van der Waals surface area contributed by atoms with Crippen molar-refractivity contribution < 1.29 is 36.9 Å². The predicted octanol–water partition coefficient (Wildman–Crippen LogP) is 10.8. The summed E-state index contributed by atoms with van der Waals surface area (Å²) in [6.45, 7) is 50.1. The molecule has 0 spiro atoms. The van der Waals surface area contributed by atoms with E-state index in [0.29, 0.717) is 0 Å². The molecule has 0 radical (unpaired) electrons. The van der Waals surface area contributed by atoms with Gasteiger partial charge in [-0.05, 0) is 24.3 Å². The fourth-order valence-electron chi connectivity index (χ4n) is 6.66. The summed E-state index contributed by atoms with van der Waals surface area (Å²) in [5, 5.41) is 40.0. The molecule has 4 aromatic heterocycles. The summed E-state index contributed by atoms with van der Waals surface area (Å²) in [6.07, 6.45) is -2.11. The normalized spacial score (nSPS) is 13.7. The first-order valence-electron chi connectivity index (χ1n) is 21.4. The number of carboxylic acid groups (broad SMARTS) is 2. The van der Waals surface area contributed by atoms with Crippen molar-refractivity contribution in [1.82, 2.24) is 39.1 Å². The average molecular weight is 889 g/mol. The van der Waals surface area contributed by atoms with Crippen LogP contribution in [-0.4, -0.2) is 61.3 Å². The van der Waals surface area contributed by atoms with E-state index in [1.165, 1.54) is 0 Å². The van der Waals surface area contributed by atoms with Crippen LogP contribution in [0.25, 0.3) is 0 Å². The largest absolute Gasteiger partial charge is 0.478 e. The molecule has 0 saturated heterocycles. The molecule has 4 aromatic rings. The van der Waals surface area contributed by atoms with Gasteiger partial charge in [0.1, 0.15) is 0 Å². The minimum atomic E-state index is -1.05. The molecule has 0 aromatic carbocycles. The van der Waals surface area contributed by atoms with Crippen LogP contribution >= 0.6 is 0 Å². The van der Waals surface area contributed by atoms with Crippen LogP contribution in [0.3, 0.4) is 0 Å². The third kappa shape index (κ3) is 12.3. The number of nitrogens with zero attached hydrogens (tertiary/aromatic N) is 8. The van der Waals surface area contributed by atoms with E-state index in [1.54, 1.807) is 18.7 Å². The van der Waals surface area contributed by atoms with Gasteiger partial charge in [-0.25, -0.2) is 28.3 Å². The van der Waals surface area contributed by atoms with Crippen molar-refractivity contribution in [3.63, 3.8) is 0 Å². The SMILES string of the molecule is CC(C)(C)c1cc(C(C)(C)C)n(C(C(=O)O)n2nc(C(C)(C)C)cc2C(C)(C)C)n1.CC(C)(C)c1cc(C(C)(C)C)n(C(C(=O)O)n2nc(C(C)(C)C)cc2C(C)(C)C)n1.[Fe]. The second kappa shape index (κ2) is 17.1. The summed E-state index contributed by atoms with van der Waals surface area (Å²) in [6, 6.07) is 8.17. The Morgan fingerprint density at radius 3 is 0.607 bits per heavy atom. The maximum atomic E-state index is 12.7.